The molecule has 1 amide bonds. The summed E-state index contributed by atoms with van der Waals surface area (Å²) in [6.45, 7) is 10.2. The number of anilines is 1. The molecule has 6 rings (SSSR count). The van der Waals surface area contributed by atoms with Crippen LogP contribution in [0.1, 0.15) is 59.1 Å². The zero-order valence-corrected chi connectivity index (χ0v) is 24.1. The molecule has 41 heavy (non-hydrogen) atoms. The average Bonchev–Trinajstić information content (AvgIpc) is 3.35. The van der Waals surface area contributed by atoms with E-state index in [0.29, 0.717) is 11.1 Å². The molecule has 1 fully saturated rings. The van der Waals surface area contributed by atoms with E-state index in [4.69, 9.17) is 4.98 Å². The van der Waals surface area contributed by atoms with Crippen LogP contribution in [0.25, 0.3) is 22.0 Å². The number of carbonyl (C=O) groups is 1. The van der Waals surface area contributed by atoms with Crippen LogP contribution in [0.4, 0.5) is 5.82 Å². The highest BCUT2D eigenvalue weighted by molar-refractivity contribution is 6.09. The van der Waals surface area contributed by atoms with Crippen molar-refractivity contribution in [3.8, 4) is 11.1 Å². The summed E-state index contributed by atoms with van der Waals surface area (Å²) in [5.41, 5.74) is 6.98. The fourth-order valence-corrected chi connectivity index (χ4v) is 6.07. The Hall–Kier alpha value is -4.17. The van der Waals surface area contributed by atoms with Crippen molar-refractivity contribution in [2.24, 2.45) is 0 Å². The van der Waals surface area contributed by atoms with Gasteiger partial charge in [0.25, 0.3) is 11.5 Å². The number of piperazine rings is 1. The van der Waals surface area contributed by atoms with Crippen LogP contribution in [0.15, 0.2) is 59.7 Å². The molecule has 0 unspecified atom stereocenters. The van der Waals surface area contributed by atoms with Crippen LogP contribution in [-0.4, -0.2) is 46.6 Å². The molecule has 2 aliphatic heterocycles. The molecule has 2 aliphatic rings. The third-order valence-electron chi connectivity index (χ3n) is 8.21. The number of pyridine rings is 2. The SMILES string of the molecule is Cc1cc2c(c(=O)[nH]1)CNC(=O)c1cc(-c3ccc(N4CCNCC4)nc3)cc3c1c(cn3C(C)C)C/C=C/CC2. The van der Waals surface area contributed by atoms with Crippen molar-refractivity contribution < 1.29 is 4.79 Å². The number of hydrogen-bond donors (Lipinski definition) is 3. The zero-order valence-electron chi connectivity index (χ0n) is 24.1. The molecule has 5 heterocycles. The van der Waals surface area contributed by atoms with Gasteiger partial charge in [0.1, 0.15) is 5.82 Å². The summed E-state index contributed by atoms with van der Waals surface area (Å²) in [5, 5.41) is 7.44. The Kier molecular flexibility index (Phi) is 7.49. The number of carbonyl (C=O) groups excluding carboxylic acids is 1. The van der Waals surface area contributed by atoms with Gasteiger partial charge in [0.2, 0.25) is 0 Å². The number of fused-ring (bicyclic) bond motifs is 1. The van der Waals surface area contributed by atoms with Gasteiger partial charge >= 0.3 is 0 Å². The summed E-state index contributed by atoms with van der Waals surface area (Å²) in [7, 11) is 0. The van der Waals surface area contributed by atoms with Crippen molar-refractivity contribution >= 4 is 22.6 Å². The van der Waals surface area contributed by atoms with Gasteiger partial charge in [0.05, 0.1) is 0 Å². The van der Waals surface area contributed by atoms with Crippen molar-refractivity contribution in [3.63, 3.8) is 0 Å². The number of aromatic nitrogens is 3. The molecule has 212 valence electrons. The average molecular weight is 551 g/mol. The fraction of sp³-hybridized carbons (Fsp3) is 0.364. The summed E-state index contributed by atoms with van der Waals surface area (Å²) in [4.78, 5) is 36.8. The minimum absolute atomic E-state index is 0.139. The quantitative estimate of drug-likeness (QED) is 0.323. The first kappa shape index (κ1) is 27.0. The summed E-state index contributed by atoms with van der Waals surface area (Å²) in [5.74, 6) is 0.790. The summed E-state index contributed by atoms with van der Waals surface area (Å²) < 4.78 is 2.26. The maximum Gasteiger partial charge on any atom is 0.253 e. The van der Waals surface area contributed by atoms with Crippen LogP contribution in [0, 0.1) is 6.92 Å². The molecule has 0 saturated carbocycles. The van der Waals surface area contributed by atoms with Crippen LogP contribution in [-0.2, 0) is 19.4 Å². The number of benzene rings is 1. The lowest BCUT2D eigenvalue weighted by Gasteiger charge is -2.28. The van der Waals surface area contributed by atoms with E-state index in [0.717, 1.165) is 90.1 Å². The van der Waals surface area contributed by atoms with E-state index < -0.39 is 0 Å². The summed E-state index contributed by atoms with van der Waals surface area (Å²) >= 11 is 0. The monoisotopic (exact) mass is 550 g/mol. The van der Waals surface area contributed by atoms with Crippen LogP contribution in [0.3, 0.4) is 0 Å². The fourth-order valence-electron chi connectivity index (χ4n) is 6.07. The molecule has 1 saturated heterocycles. The first-order chi connectivity index (χ1) is 19.9. The maximum atomic E-state index is 13.9. The minimum Gasteiger partial charge on any atom is -0.354 e. The molecule has 0 aliphatic carbocycles. The predicted octanol–water partition coefficient (Wildman–Crippen LogP) is 4.67. The molecule has 3 aromatic heterocycles. The van der Waals surface area contributed by atoms with E-state index in [-0.39, 0.29) is 24.1 Å². The number of rotatable bonds is 3. The first-order valence-electron chi connectivity index (χ1n) is 14.6. The van der Waals surface area contributed by atoms with Gasteiger partial charge in [-0.25, -0.2) is 4.98 Å². The van der Waals surface area contributed by atoms with Crippen molar-refractivity contribution in [3.05, 3.63) is 93.2 Å². The van der Waals surface area contributed by atoms with E-state index in [1.165, 1.54) is 0 Å². The van der Waals surface area contributed by atoms with Crippen molar-refractivity contribution in [2.45, 2.75) is 52.6 Å². The van der Waals surface area contributed by atoms with Gasteiger partial charge in [-0.3, -0.25) is 9.59 Å². The first-order valence-corrected chi connectivity index (χ1v) is 14.6. The van der Waals surface area contributed by atoms with Gasteiger partial charge in [-0.1, -0.05) is 12.2 Å². The van der Waals surface area contributed by atoms with E-state index >= 15 is 0 Å². The lowest BCUT2D eigenvalue weighted by atomic mass is 9.97. The number of aryl methyl sites for hydroxylation is 2. The number of aromatic amines is 1. The molecule has 1 aromatic carbocycles. The van der Waals surface area contributed by atoms with Crippen LogP contribution in [0.2, 0.25) is 0 Å². The predicted molar refractivity (Wildman–Crippen MR) is 165 cm³/mol. The van der Waals surface area contributed by atoms with Crippen molar-refractivity contribution in [1.82, 2.24) is 25.2 Å². The Morgan fingerprint density at radius 1 is 0.976 bits per heavy atom. The van der Waals surface area contributed by atoms with E-state index in [1.807, 2.05) is 25.3 Å². The smallest absolute Gasteiger partial charge is 0.253 e. The molecular weight excluding hydrogens is 512 g/mol. The van der Waals surface area contributed by atoms with Gasteiger partial charge in [-0.05, 0) is 87.1 Å². The number of hydrogen-bond acceptors (Lipinski definition) is 5. The summed E-state index contributed by atoms with van der Waals surface area (Å²) in [6.07, 6.45) is 10.8. The van der Waals surface area contributed by atoms with Gasteiger partial charge in [-0.2, -0.15) is 0 Å². The number of H-pyrrole nitrogens is 1. The molecule has 0 bridgehead atoms. The van der Waals surface area contributed by atoms with Gasteiger partial charge in [0.15, 0.2) is 0 Å². The third-order valence-corrected chi connectivity index (χ3v) is 8.21. The second-order valence-electron chi connectivity index (χ2n) is 11.4. The maximum absolute atomic E-state index is 13.9. The Labute approximate surface area is 240 Å². The topological polar surface area (TPSA) is 95.1 Å². The molecule has 0 atom stereocenters. The molecule has 0 spiro atoms. The molecular formula is C33H38N6O2. The number of allylic oxidation sites excluding steroid dienone is 2. The number of amides is 1. The normalized spacial score (nSPS) is 17.0. The van der Waals surface area contributed by atoms with E-state index in [9.17, 15) is 9.59 Å². The standard InChI is InChI=1S/C33H38N6O2/c1-21(2)39-20-25-8-6-4-5-7-23-15-22(3)37-33(41)28(23)19-36-32(40)27-16-26(17-29(39)31(25)27)24-9-10-30(35-18-24)38-13-11-34-12-14-38/h4,6,9-10,15-18,20-21,34H,5,7-8,11-14,19H2,1-3H3,(H,36,40)(H,37,41)/b6-4+. The molecule has 8 heteroatoms. The molecule has 4 aromatic rings. The van der Waals surface area contributed by atoms with Crippen LogP contribution >= 0.6 is 0 Å². The second kappa shape index (κ2) is 11.4. The summed E-state index contributed by atoms with van der Waals surface area (Å²) in [6, 6.07) is 10.6. The Balaban J connectivity index is 1.45. The zero-order chi connectivity index (χ0) is 28.5. The highest BCUT2D eigenvalue weighted by atomic mass is 16.1. The Morgan fingerprint density at radius 2 is 1.80 bits per heavy atom. The van der Waals surface area contributed by atoms with Crippen molar-refractivity contribution in [2.75, 3.05) is 31.1 Å². The second-order valence-corrected chi connectivity index (χ2v) is 11.4. The highest BCUT2D eigenvalue weighted by Gasteiger charge is 2.21. The van der Waals surface area contributed by atoms with Crippen molar-refractivity contribution in [1.29, 1.82) is 0 Å². The van der Waals surface area contributed by atoms with Gasteiger partial charge in [-0.15, -0.1) is 0 Å². The largest absolute Gasteiger partial charge is 0.354 e. The Bertz CT molecular complexity index is 1670. The van der Waals surface area contributed by atoms with E-state index in [1.54, 1.807) is 0 Å². The number of nitrogens with one attached hydrogen (secondary N) is 3. The third kappa shape index (κ3) is 5.44. The lowest BCUT2D eigenvalue weighted by molar-refractivity contribution is 0.0952. The molecule has 3 N–H and O–H groups in total. The highest BCUT2D eigenvalue weighted by Crippen LogP contribution is 2.34. The van der Waals surface area contributed by atoms with Crippen LogP contribution in [0.5, 0.6) is 0 Å². The molecule has 8 nitrogen and oxygen atoms in total. The van der Waals surface area contributed by atoms with Crippen LogP contribution < -0.4 is 21.1 Å². The number of nitrogens with zero attached hydrogens (tertiary/aromatic N) is 3. The van der Waals surface area contributed by atoms with Gasteiger partial charge < -0.3 is 25.1 Å². The lowest BCUT2D eigenvalue weighted by Crippen LogP contribution is -2.43. The van der Waals surface area contributed by atoms with Gasteiger partial charge in [0, 0.05) is 84.4 Å². The molecule has 0 radical (unpaired) electrons. The minimum atomic E-state index is -0.181. The Morgan fingerprint density at radius 3 is 2.56 bits per heavy atom. The van der Waals surface area contributed by atoms with E-state index in [2.05, 4.69) is 75.5 Å².